The first-order valence-corrected chi connectivity index (χ1v) is 6.59. The Hall–Kier alpha value is -2.82. The van der Waals surface area contributed by atoms with Crippen molar-refractivity contribution in [2.75, 3.05) is 5.32 Å². The van der Waals surface area contributed by atoms with Gasteiger partial charge in [-0.15, -0.1) is 5.10 Å². The van der Waals surface area contributed by atoms with Crippen LogP contribution in [0.2, 0.25) is 0 Å². The van der Waals surface area contributed by atoms with Gasteiger partial charge < -0.3 is 14.8 Å². The number of phenolic OH excluding ortho intramolecular Hbond substituents is 1. The number of aromatic nitrogens is 2. The zero-order chi connectivity index (χ0) is 14.8. The third-order valence-corrected chi connectivity index (χ3v) is 3.16. The first kappa shape index (κ1) is 13.2. The quantitative estimate of drug-likeness (QED) is 0.764. The Morgan fingerprint density at radius 3 is 2.48 bits per heavy atom. The van der Waals surface area contributed by atoms with Gasteiger partial charge in [0, 0.05) is 11.3 Å². The number of nitrogens with zero attached hydrogens (tertiary/aromatic N) is 2. The van der Waals surface area contributed by atoms with Crippen LogP contribution in [0.1, 0.15) is 11.1 Å². The van der Waals surface area contributed by atoms with Crippen molar-refractivity contribution in [2.24, 2.45) is 0 Å². The molecule has 5 nitrogen and oxygen atoms in total. The van der Waals surface area contributed by atoms with Crippen molar-refractivity contribution in [2.45, 2.75) is 13.8 Å². The zero-order valence-electron chi connectivity index (χ0n) is 11.8. The molecule has 106 valence electrons. The van der Waals surface area contributed by atoms with Crippen molar-refractivity contribution in [3.63, 3.8) is 0 Å². The first-order valence-electron chi connectivity index (χ1n) is 6.59. The highest BCUT2D eigenvalue weighted by atomic mass is 16.4. The molecule has 1 aromatic heterocycles. The maximum Gasteiger partial charge on any atom is 0.320 e. The fourth-order valence-corrected chi connectivity index (χ4v) is 2.06. The topological polar surface area (TPSA) is 71.2 Å². The average Bonchev–Trinajstić information content (AvgIpc) is 2.91. The standard InChI is InChI=1S/C16H15N3O2/c1-10-3-8-14(11(2)9-10)17-16-19-18-15(21-16)12-4-6-13(20)7-5-12/h3-9,20H,1-2H3,(H,17,19). The summed E-state index contributed by atoms with van der Waals surface area (Å²) in [5.74, 6) is 0.606. The van der Waals surface area contributed by atoms with Crippen LogP contribution in [0.4, 0.5) is 11.7 Å². The van der Waals surface area contributed by atoms with E-state index in [0.717, 1.165) is 16.8 Å². The molecule has 5 heteroatoms. The largest absolute Gasteiger partial charge is 0.508 e. The number of aromatic hydroxyl groups is 1. The minimum Gasteiger partial charge on any atom is -0.508 e. The molecule has 0 amide bonds. The third kappa shape index (κ3) is 2.86. The number of hydrogen-bond acceptors (Lipinski definition) is 5. The molecule has 0 fully saturated rings. The van der Waals surface area contributed by atoms with Crippen LogP contribution in [-0.2, 0) is 0 Å². The molecule has 0 atom stereocenters. The first-order chi connectivity index (χ1) is 10.1. The number of aryl methyl sites for hydroxylation is 2. The molecule has 0 saturated carbocycles. The molecule has 0 aliphatic rings. The van der Waals surface area contributed by atoms with Gasteiger partial charge in [-0.2, -0.15) is 0 Å². The Labute approximate surface area is 122 Å². The normalized spacial score (nSPS) is 10.6. The van der Waals surface area contributed by atoms with Crippen LogP contribution in [0.3, 0.4) is 0 Å². The molecule has 0 saturated heterocycles. The van der Waals surface area contributed by atoms with Gasteiger partial charge in [-0.3, -0.25) is 0 Å². The summed E-state index contributed by atoms with van der Waals surface area (Å²) in [7, 11) is 0. The van der Waals surface area contributed by atoms with E-state index in [1.165, 1.54) is 5.56 Å². The lowest BCUT2D eigenvalue weighted by atomic mass is 10.1. The Kier molecular flexibility index (Phi) is 3.31. The Bertz CT molecular complexity index is 763. The van der Waals surface area contributed by atoms with Crippen LogP contribution in [0.15, 0.2) is 46.9 Å². The van der Waals surface area contributed by atoms with Crippen LogP contribution in [0, 0.1) is 13.8 Å². The number of hydrogen-bond donors (Lipinski definition) is 2. The van der Waals surface area contributed by atoms with Gasteiger partial charge in [0.05, 0.1) is 0 Å². The monoisotopic (exact) mass is 281 g/mol. The van der Waals surface area contributed by atoms with Crippen molar-refractivity contribution < 1.29 is 9.52 Å². The van der Waals surface area contributed by atoms with Crippen LogP contribution in [-0.4, -0.2) is 15.3 Å². The average molecular weight is 281 g/mol. The number of phenols is 1. The second-order valence-electron chi connectivity index (χ2n) is 4.90. The summed E-state index contributed by atoms with van der Waals surface area (Å²) in [4.78, 5) is 0. The summed E-state index contributed by atoms with van der Waals surface area (Å²) in [6.07, 6.45) is 0. The van der Waals surface area contributed by atoms with Gasteiger partial charge in [0.1, 0.15) is 5.75 Å². The fourth-order valence-electron chi connectivity index (χ4n) is 2.06. The number of anilines is 2. The van der Waals surface area contributed by atoms with Gasteiger partial charge in [-0.25, -0.2) is 0 Å². The van der Waals surface area contributed by atoms with Crippen LogP contribution >= 0.6 is 0 Å². The van der Waals surface area contributed by atoms with Gasteiger partial charge in [0.15, 0.2) is 0 Å². The molecule has 0 aliphatic carbocycles. The lowest BCUT2D eigenvalue weighted by molar-refractivity contribution is 0.475. The minimum atomic E-state index is 0.201. The van der Waals surface area contributed by atoms with Crippen molar-refractivity contribution in [1.29, 1.82) is 0 Å². The van der Waals surface area contributed by atoms with Gasteiger partial charge >= 0.3 is 6.01 Å². The second kappa shape index (κ2) is 5.28. The van der Waals surface area contributed by atoms with Gasteiger partial charge in [-0.1, -0.05) is 22.8 Å². The van der Waals surface area contributed by atoms with E-state index in [2.05, 4.69) is 21.6 Å². The molecular weight excluding hydrogens is 266 g/mol. The minimum absolute atomic E-state index is 0.201. The predicted molar refractivity (Wildman–Crippen MR) is 80.6 cm³/mol. The summed E-state index contributed by atoms with van der Waals surface area (Å²) in [6, 6.07) is 13.0. The van der Waals surface area contributed by atoms with E-state index in [0.29, 0.717) is 11.9 Å². The second-order valence-corrected chi connectivity index (χ2v) is 4.90. The summed E-state index contributed by atoms with van der Waals surface area (Å²) in [5.41, 5.74) is 4.00. The van der Waals surface area contributed by atoms with Gasteiger partial charge in [-0.05, 0) is 49.7 Å². The SMILES string of the molecule is Cc1ccc(Nc2nnc(-c3ccc(O)cc3)o2)c(C)c1. The summed E-state index contributed by atoms with van der Waals surface area (Å²) >= 11 is 0. The van der Waals surface area contributed by atoms with Crippen molar-refractivity contribution >= 4 is 11.7 Å². The van der Waals surface area contributed by atoms with Crippen LogP contribution in [0.25, 0.3) is 11.5 Å². The molecule has 21 heavy (non-hydrogen) atoms. The molecule has 1 heterocycles. The van der Waals surface area contributed by atoms with Gasteiger partial charge in [0.25, 0.3) is 0 Å². The van der Waals surface area contributed by atoms with E-state index >= 15 is 0 Å². The molecule has 0 aliphatic heterocycles. The lowest BCUT2D eigenvalue weighted by Crippen LogP contribution is -1.93. The Balaban J connectivity index is 1.83. The van der Waals surface area contributed by atoms with Crippen molar-refractivity contribution in [1.82, 2.24) is 10.2 Å². The molecule has 3 rings (SSSR count). The number of nitrogens with one attached hydrogen (secondary N) is 1. The van der Waals surface area contributed by atoms with Crippen molar-refractivity contribution in [3.05, 3.63) is 53.6 Å². The molecule has 0 unspecified atom stereocenters. The molecular formula is C16H15N3O2. The van der Waals surface area contributed by atoms with E-state index < -0.39 is 0 Å². The maximum absolute atomic E-state index is 9.28. The number of benzene rings is 2. The maximum atomic E-state index is 9.28. The fraction of sp³-hybridized carbons (Fsp3) is 0.125. The van der Waals surface area contributed by atoms with Crippen molar-refractivity contribution in [3.8, 4) is 17.2 Å². The van der Waals surface area contributed by atoms with E-state index in [4.69, 9.17) is 4.42 Å². The lowest BCUT2D eigenvalue weighted by Gasteiger charge is -2.06. The molecule has 3 aromatic rings. The highest BCUT2D eigenvalue weighted by molar-refractivity contribution is 5.60. The Morgan fingerprint density at radius 2 is 1.76 bits per heavy atom. The molecule has 0 bridgehead atoms. The summed E-state index contributed by atoms with van der Waals surface area (Å²) in [5, 5.41) is 20.4. The summed E-state index contributed by atoms with van der Waals surface area (Å²) < 4.78 is 5.58. The van der Waals surface area contributed by atoms with Crippen LogP contribution < -0.4 is 5.32 Å². The van der Waals surface area contributed by atoms with E-state index in [1.807, 2.05) is 26.0 Å². The highest BCUT2D eigenvalue weighted by Gasteiger charge is 2.09. The smallest absolute Gasteiger partial charge is 0.320 e. The van der Waals surface area contributed by atoms with Gasteiger partial charge in [0.2, 0.25) is 5.89 Å². The molecule has 0 spiro atoms. The van der Waals surface area contributed by atoms with Crippen LogP contribution in [0.5, 0.6) is 5.75 Å². The molecule has 2 N–H and O–H groups in total. The van der Waals surface area contributed by atoms with E-state index in [9.17, 15) is 5.11 Å². The van der Waals surface area contributed by atoms with E-state index in [-0.39, 0.29) is 5.75 Å². The molecule has 2 aromatic carbocycles. The third-order valence-electron chi connectivity index (χ3n) is 3.16. The molecule has 0 radical (unpaired) electrons. The zero-order valence-corrected chi connectivity index (χ0v) is 11.8. The number of rotatable bonds is 3. The predicted octanol–water partition coefficient (Wildman–Crippen LogP) is 3.80. The Morgan fingerprint density at radius 1 is 1.00 bits per heavy atom. The highest BCUT2D eigenvalue weighted by Crippen LogP contribution is 2.25. The van der Waals surface area contributed by atoms with E-state index in [1.54, 1.807) is 24.3 Å². The summed E-state index contributed by atoms with van der Waals surface area (Å²) in [6.45, 7) is 4.07.